The topological polar surface area (TPSA) is 57.0 Å². The maximum atomic E-state index is 12.4. The summed E-state index contributed by atoms with van der Waals surface area (Å²) in [5.74, 6) is 0.327. The van der Waals surface area contributed by atoms with Gasteiger partial charge in [-0.25, -0.2) is 4.98 Å². The molecule has 0 bridgehead atoms. The van der Waals surface area contributed by atoms with E-state index < -0.39 is 6.10 Å². The third kappa shape index (κ3) is 3.36. The maximum Gasteiger partial charge on any atom is 0.289 e. The number of halogens is 1. The fraction of sp³-hybridized carbons (Fsp3) is 0.357. The van der Waals surface area contributed by atoms with Gasteiger partial charge in [-0.15, -0.1) is 0 Å². The summed E-state index contributed by atoms with van der Waals surface area (Å²) in [5.41, 5.74) is -0.386. The predicted octanol–water partition coefficient (Wildman–Crippen LogP) is 3.07. The molecule has 1 unspecified atom stereocenters. The van der Waals surface area contributed by atoms with Gasteiger partial charge in [0.05, 0.1) is 0 Å². The van der Waals surface area contributed by atoms with E-state index in [0.29, 0.717) is 10.8 Å². The average molecular weight is 294 g/mol. The highest BCUT2D eigenvalue weighted by molar-refractivity contribution is 6.30. The second-order valence-corrected chi connectivity index (χ2v) is 5.93. The van der Waals surface area contributed by atoms with Gasteiger partial charge in [-0.3, -0.25) is 4.79 Å². The van der Waals surface area contributed by atoms with Crippen LogP contribution in [-0.2, 0) is 0 Å². The van der Waals surface area contributed by atoms with E-state index in [-0.39, 0.29) is 11.3 Å². The Morgan fingerprint density at radius 3 is 2.45 bits per heavy atom. The molecular weight excluding hydrogens is 278 g/mol. The normalized spacial score (nSPS) is 13.0. The van der Waals surface area contributed by atoms with Crippen molar-refractivity contribution in [1.82, 2.24) is 14.8 Å². The van der Waals surface area contributed by atoms with E-state index in [0.717, 1.165) is 0 Å². The van der Waals surface area contributed by atoms with Crippen molar-refractivity contribution in [3.63, 3.8) is 0 Å². The Bertz CT molecular complexity index is 573. The van der Waals surface area contributed by atoms with Crippen LogP contribution in [0.2, 0.25) is 5.02 Å². The Kier molecular flexibility index (Phi) is 4.09. The van der Waals surface area contributed by atoms with Crippen LogP contribution in [0, 0.1) is 5.41 Å². The summed E-state index contributed by atoms with van der Waals surface area (Å²) >= 11 is 5.84. The van der Waals surface area contributed by atoms with Crippen molar-refractivity contribution in [2.24, 2.45) is 5.41 Å². The first-order chi connectivity index (χ1) is 9.38. The molecule has 0 fully saturated rings. The lowest BCUT2D eigenvalue weighted by Crippen LogP contribution is -2.42. The zero-order chi connectivity index (χ0) is 14.8. The largest absolute Gasteiger partial charge is 0.480 e. The molecule has 0 aliphatic rings. The van der Waals surface area contributed by atoms with E-state index in [1.54, 1.807) is 24.3 Å². The van der Waals surface area contributed by atoms with Crippen LogP contribution in [0.5, 0.6) is 5.75 Å². The van der Waals surface area contributed by atoms with Crippen molar-refractivity contribution in [3.05, 3.63) is 41.9 Å². The zero-order valence-corrected chi connectivity index (χ0v) is 12.3. The number of benzene rings is 1. The summed E-state index contributed by atoms with van der Waals surface area (Å²) in [4.78, 5) is 16.2. The summed E-state index contributed by atoms with van der Waals surface area (Å²) in [6.45, 7) is 5.80. The molecule has 1 heterocycles. The highest BCUT2D eigenvalue weighted by atomic mass is 35.5. The summed E-state index contributed by atoms with van der Waals surface area (Å²) in [7, 11) is 0. The van der Waals surface area contributed by atoms with E-state index in [4.69, 9.17) is 16.3 Å². The Balaban J connectivity index is 2.25. The minimum absolute atomic E-state index is 0.259. The fourth-order valence-corrected chi connectivity index (χ4v) is 1.82. The van der Waals surface area contributed by atoms with Gasteiger partial charge in [0.1, 0.15) is 18.4 Å². The molecule has 0 N–H and O–H groups in total. The van der Waals surface area contributed by atoms with Crippen molar-refractivity contribution >= 4 is 17.5 Å². The van der Waals surface area contributed by atoms with Gasteiger partial charge in [0.2, 0.25) is 0 Å². The monoisotopic (exact) mass is 293 g/mol. The molecule has 20 heavy (non-hydrogen) atoms. The fourth-order valence-electron chi connectivity index (χ4n) is 1.69. The molecule has 0 spiro atoms. The van der Waals surface area contributed by atoms with Gasteiger partial charge in [-0.1, -0.05) is 32.4 Å². The van der Waals surface area contributed by atoms with Gasteiger partial charge >= 0.3 is 0 Å². The van der Waals surface area contributed by atoms with Crippen molar-refractivity contribution < 1.29 is 9.53 Å². The van der Waals surface area contributed by atoms with Gasteiger partial charge < -0.3 is 4.74 Å². The molecule has 2 aromatic rings. The van der Waals surface area contributed by atoms with E-state index in [9.17, 15) is 4.79 Å². The van der Waals surface area contributed by atoms with E-state index in [1.165, 1.54) is 17.3 Å². The van der Waals surface area contributed by atoms with Gasteiger partial charge in [0, 0.05) is 10.4 Å². The molecule has 6 heteroatoms. The van der Waals surface area contributed by atoms with Crippen molar-refractivity contribution in [3.8, 4) is 5.75 Å². The zero-order valence-electron chi connectivity index (χ0n) is 11.6. The molecule has 106 valence electrons. The van der Waals surface area contributed by atoms with E-state index >= 15 is 0 Å². The van der Waals surface area contributed by atoms with Gasteiger partial charge in [-0.2, -0.15) is 9.78 Å². The Labute approximate surface area is 122 Å². The van der Waals surface area contributed by atoms with Gasteiger partial charge in [0.15, 0.2) is 6.10 Å². The number of hydrogen-bond donors (Lipinski definition) is 0. The van der Waals surface area contributed by atoms with E-state index in [1.807, 2.05) is 20.8 Å². The first-order valence-electron chi connectivity index (χ1n) is 6.19. The van der Waals surface area contributed by atoms with Crippen LogP contribution in [0.15, 0.2) is 36.9 Å². The minimum atomic E-state index is -0.676. The SMILES string of the molecule is CC(C)(C)C(Oc1ccc(Cl)cc1)C(=O)n1cncn1. The summed E-state index contributed by atoms with van der Waals surface area (Å²) in [6.07, 6.45) is 2.01. The molecule has 1 aromatic carbocycles. The molecule has 0 saturated heterocycles. The number of aromatic nitrogens is 3. The highest BCUT2D eigenvalue weighted by Crippen LogP contribution is 2.26. The Morgan fingerprint density at radius 1 is 1.30 bits per heavy atom. The summed E-state index contributed by atoms with van der Waals surface area (Å²) in [5, 5.41) is 4.48. The first kappa shape index (κ1) is 14.5. The standard InChI is InChI=1S/C14H16ClN3O2/c1-14(2,3)12(13(19)18-9-16-8-17-18)20-11-6-4-10(15)5-7-11/h4-9,12H,1-3H3. The molecule has 0 amide bonds. The van der Waals surface area contributed by atoms with Crippen LogP contribution < -0.4 is 4.74 Å². The quantitative estimate of drug-likeness (QED) is 0.872. The molecule has 0 aliphatic carbocycles. The van der Waals surface area contributed by atoms with E-state index in [2.05, 4.69) is 10.1 Å². The molecular formula is C14H16ClN3O2. The Morgan fingerprint density at radius 2 is 1.95 bits per heavy atom. The van der Waals surface area contributed by atoms with Crippen LogP contribution in [0.1, 0.15) is 25.6 Å². The van der Waals surface area contributed by atoms with Crippen LogP contribution >= 0.6 is 11.6 Å². The van der Waals surface area contributed by atoms with Gasteiger partial charge in [-0.05, 0) is 24.3 Å². The number of rotatable bonds is 3. The lowest BCUT2D eigenvalue weighted by molar-refractivity contribution is 0.0435. The third-order valence-corrected chi connectivity index (χ3v) is 2.97. The van der Waals surface area contributed by atoms with Crippen LogP contribution in [-0.4, -0.2) is 26.8 Å². The second kappa shape index (κ2) is 5.63. The lowest BCUT2D eigenvalue weighted by atomic mass is 9.88. The van der Waals surface area contributed by atoms with Crippen LogP contribution in [0.3, 0.4) is 0 Å². The molecule has 0 aliphatic heterocycles. The molecule has 2 rings (SSSR count). The van der Waals surface area contributed by atoms with Crippen molar-refractivity contribution in [1.29, 1.82) is 0 Å². The molecule has 1 aromatic heterocycles. The van der Waals surface area contributed by atoms with Crippen molar-refractivity contribution in [2.75, 3.05) is 0 Å². The van der Waals surface area contributed by atoms with Gasteiger partial charge in [0.25, 0.3) is 5.91 Å². The number of hydrogen-bond acceptors (Lipinski definition) is 4. The Hall–Kier alpha value is -1.88. The van der Waals surface area contributed by atoms with Crippen LogP contribution in [0.4, 0.5) is 0 Å². The highest BCUT2D eigenvalue weighted by Gasteiger charge is 2.35. The number of nitrogens with zero attached hydrogens (tertiary/aromatic N) is 3. The molecule has 5 nitrogen and oxygen atoms in total. The molecule has 0 saturated carbocycles. The van der Waals surface area contributed by atoms with Crippen molar-refractivity contribution in [2.45, 2.75) is 26.9 Å². The average Bonchev–Trinajstić information content (AvgIpc) is 2.89. The molecule has 0 radical (unpaired) electrons. The summed E-state index contributed by atoms with van der Waals surface area (Å²) in [6, 6.07) is 6.90. The van der Waals surface area contributed by atoms with Crippen LogP contribution in [0.25, 0.3) is 0 Å². The predicted molar refractivity (Wildman–Crippen MR) is 76.0 cm³/mol. The summed E-state index contributed by atoms with van der Waals surface area (Å²) < 4.78 is 7.01. The smallest absolute Gasteiger partial charge is 0.289 e. The number of carbonyl (C=O) groups excluding carboxylic acids is 1. The first-order valence-corrected chi connectivity index (χ1v) is 6.57. The molecule has 1 atom stereocenters. The minimum Gasteiger partial charge on any atom is -0.480 e. The number of carbonyl (C=O) groups is 1. The maximum absolute atomic E-state index is 12.4. The second-order valence-electron chi connectivity index (χ2n) is 5.50. The number of ether oxygens (including phenoxy) is 1. The lowest BCUT2D eigenvalue weighted by Gasteiger charge is -2.29. The third-order valence-electron chi connectivity index (χ3n) is 2.72.